The van der Waals surface area contributed by atoms with Crippen LogP contribution in [0.25, 0.3) is 0 Å². The topological polar surface area (TPSA) is 46.2 Å². The standard InChI is InChI=1S/C23H53N3O3Si/c1-8-18-25(11-4)20-16-21-26(19-15-17-24-23(9-2)10-3)22-30(27-12-5,28-13-6)29-14-7/h23-24H,8-22H2,1-7H3. The van der Waals surface area contributed by atoms with Crippen LogP contribution in [0.3, 0.4) is 0 Å². The van der Waals surface area contributed by atoms with Crippen LogP contribution in [-0.4, -0.2) is 89.9 Å². The molecule has 0 rings (SSSR count). The molecule has 30 heavy (non-hydrogen) atoms. The lowest BCUT2D eigenvalue weighted by Gasteiger charge is -2.34. The minimum atomic E-state index is -2.66. The van der Waals surface area contributed by atoms with Crippen LogP contribution in [0.1, 0.15) is 80.6 Å². The monoisotopic (exact) mass is 447 g/mol. The first-order valence-corrected chi connectivity index (χ1v) is 14.6. The van der Waals surface area contributed by atoms with Crippen LogP contribution in [0.2, 0.25) is 0 Å². The molecular weight excluding hydrogens is 394 g/mol. The highest BCUT2D eigenvalue weighted by atomic mass is 28.4. The Hall–Kier alpha value is -0.0231. The molecule has 0 aromatic rings. The fourth-order valence-electron chi connectivity index (χ4n) is 3.91. The lowest BCUT2D eigenvalue weighted by Crippen LogP contribution is -2.56. The molecule has 0 amide bonds. The quantitative estimate of drug-likeness (QED) is 0.199. The van der Waals surface area contributed by atoms with Crippen LogP contribution in [0.5, 0.6) is 0 Å². The Kier molecular flexibility index (Phi) is 19.6. The van der Waals surface area contributed by atoms with Crippen molar-refractivity contribution in [3.63, 3.8) is 0 Å². The lowest BCUT2D eigenvalue weighted by atomic mass is 10.2. The van der Waals surface area contributed by atoms with Gasteiger partial charge >= 0.3 is 8.80 Å². The summed E-state index contributed by atoms with van der Waals surface area (Å²) in [6.45, 7) is 23.7. The molecule has 0 aliphatic rings. The second-order valence-corrected chi connectivity index (χ2v) is 10.4. The van der Waals surface area contributed by atoms with E-state index in [1.54, 1.807) is 0 Å². The van der Waals surface area contributed by atoms with E-state index in [-0.39, 0.29) is 0 Å². The van der Waals surface area contributed by atoms with Gasteiger partial charge in [0.2, 0.25) is 0 Å². The first-order chi connectivity index (χ1) is 14.5. The number of rotatable bonds is 22. The van der Waals surface area contributed by atoms with Crippen molar-refractivity contribution < 1.29 is 13.3 Å². The van der Waals surface area contributed by atoms with E-state index in [1.807, 2.05) is 20.8 Å². The van der Waals surface area contributed by atoms with Gasteiger partial charge in [-0.05, 0) is 92.1 Å². The van der Waals surface area contributed by atoms with E-state index in [1.165, 1.54) is 32.2 Å². The summed E-state index contributed by atoms with van der Waals surface area (Å²) in [6, 6.07) is 0.634. The highest BCUT2D eigenvalue weighted by Gasteiger charge is 2.42. The maximum atomic E-state index is 6.13. The van der Waals surface area contributed by atoms with Crippen LogP contribution in [0.15, 0.2) is 0 Å². The maximum absolute atomic E-state index is 6.13. The van der Waals surface area contributed by atoms with Crippen molar-refractivity contribution in [2.45, 2.75) is 86.6 Å². The predicted octanol–water partition coefficient (Wildman–Crippen LogP) is 4.17. The number of nitrogens with one attached hydrogen (secondary N) is 1. The van der Waals surface area contributed by atoms with Crippen molar-refractivity contribution >= 4 is 8.80 Å². The largest absolute Gasteiger partial charge is 0.515 e. The van der Waals surface area contributed by atoms with E-state index in [4.69, 9.17) is 13.3 Å². The van der Waals surface area contributed by atoms with E-state index in [0.717, 1.165) is 45.3 Å². The van der Waals surface area contributed by atoms with Gasteiger partial charge in [0, 0.05) is 25.9 Å². The van der Waals surface area contributed by atoms with Crippen LogP contribution >= 0.6 is 0 Å². The molecule has 0 radical (unpaired) electrons. The Morgan fingerprint density at radius 1 is 0.700 bits per heavy atom. The maximum Gasteiger partial charge on any atom is 0.515 e. The molecule has 0 aromatic heterocycles. The average molecular weight is 448 g/mol. The molecule has 182 valence electrons. The second kappa shape index (κ2) is 19.6. The molecule has 0 atom stereocenters. The summed E-state index contributed by atoms with van der Waals surface area (Å²) in [7, 11) is -2.66. The van der Waals surface area contributed by atoms with Gasteiger partial charge in [-0.1, -0.05) is 27.7 Å². The van der Waals surface area contributed by atoms with Crippen molar-refractivity contribution in [1.82, 2.24) is 15.1 Å². The first-order valence-electron chi connectivity index (χ1n) is 12.6. The van der Waals surface area contributed by atoms with Crippen LogP contribution in [0, 0.1) is 0 Å². The molecule has 6 nitrogen and oxygen atoms in total. The summed E-state index contributed by atoms with van der Waals surface area (Å²) in [4.78, 5) is 5.08. The van der Waals surface area contributed by atoms with Crippen LogP contribution in [-0.2, 0) is 13.3 Å². The zero-order valence-corrected chi connectivity index (χ0v) is 22.3. The fraction of sp³-hybridized carbons (Fsp3) is 1.00. The number of hydrogen-bond donors (Lipinski definition) is 1. The third-order valence-electron chi connectivity index (χ3n) is 5.52. The van der Waals surface area contributed by atoms with Gasteiger partial charge in [-0.3, -0.25) is 4.90 Å². The molecule has 0 saturated carbocycles. The van der Waals surface area contributed by atoms with Crippen molar-refractivity contribution in [3.8, 4) is 0 Å². The van der Waals surface area contributed by atoms with Crippen molar-refractivity contribution in [3.05, 3.63) is 0 Å². The Labute approximate surface area is 189 Å². The third kappa shape index (κ3) is 13.4. The Bertz CT molecular complexity index is 357. The molecule has 0 unspecified atom stereocenters. The van der Waals surface area contributed by atoms with E-state index < -0.39 is 8.80 Å². The summed E-state index contributed by atoms with van der Waals surface area (Å²) >= 11 is 0. The smallest absolute Gasteiger partial charge is 0.373 e. The highest BCUT2D eigenvalue weighted by molar-refractivity contribution is 6.60. The molecule has 0 aromatic carbocycles. The summed E-state index contributed by atoms with van der Waals surface area (Å²) in [5.41, 5.74) is 0. The summed E-state index contributed by atoms with van der Waals surface area (Å²) < 4.78 is 18.4. The molecule has 0 bridgehead atoms. The van der Waals surface area contributed by atoms with Gasteiger partial charge in [-0.15, -0.1) is 0 Å². The summed E-state index contributed by atoms with van der Waals surface area (Å²) in [5, 5.41) is 3.70. The molecule has 1 N–H and O–H groups in total. The zero-order chi connectivity index (χ0) is 22.7. The van der Waals surface area contributed by atoms with E-state index in [0.29, 0.717) is 25.9 Å². The zero-order valence-electron chi connectivity index (χ0n) is 21.3. The Balaban J connectivity index is 4.94. The molecule has 7 heteroatoms. The van der Waals surface area contributed by atoms with Gasteiger partial charge in [-0.25, -0.2) is 0 Å². The lowest BCUT2D eigenvalue weighted by molar-refractivity contribution is 0.0558. The second-order valence-electron chi connectivity index (χ2n) is 7.87. The Morgan fingerprint density at radius 2 is 1.23 bits per heavy atom. The van der Waals surface area contributed by atoms with Gasteiger partial charge in [0.25, 0.3) is 0 Å². The van der Waals surface area contributed by atoms with Crippen LogP contribution in [0.4, 0.5) is 0 Å². The SMILES string of the molecule is CCCN(CC)CCCN(CCCNC(CC)CC)C[Si](OCC)(OCC)OCC. The minimum Gasteiger partial charge on any atom is -0.373 e. The predicted molar refractivity (Wildman–Crippen MR) is 131 cm³/mol. The number of hydrogen-bond acceptors (Lipinski definition) is 6. The van der Waals surface area contributed by atoms with Crippen molar-refractivity contribution in [2.24, 2.45) is 0 Å². The van der Waals surface area contributed by atoms with Gasteiger partial charge in [0.05, 0.1) is 6.17 Å². The molecule has 0 aliphatic heterocycles. The summed E-state index contributed by atoms with van der Waals surface area (Å²) in [5.74, 6) is 0. The molecule has 0 heterocycles. The highest BCUT2D eigenvalue weighted by Crippen LogP contribution is 2.14. The van der Waals surface area contributed by atoms with Gasteiger partial charge < -0.3 is 23.5 Å². The molecule has 0 spiro atoms. The van der Waals surface area contributed by atoms with E-state index in [2.05, 4.69) is 42.8 Å². The van der Waals surface area contributed by atoms with Gasteiger partial charge in [-0.2, -0.15) is 0 Å². The normalized spacial score (nSPS) is 12.6. The first kappa shape index (κ1) is 30.0. The van der Waals surface area contributed by atoms with E-state index >= 15 is 0 Å². The summed E-state index contributed by atoms with van der Waals surface area (Å²) in [6.07, 6.45) is 6.70. The van der Waals surface area contributed by atoms with E-state index in [9.17, 15) is 0 Å². The van der Waals surface area contributed by atoms with Crippen LogP contribution < -0.4 is 5.32 Å². The van der Waals surface area contributed by atoms with Gasteiger partial charge in [0.15, 0.2) is 0 Å². The molecule has 0 saturated heterocycles. The van der Waals surface area contributed by atoms with Crippen molar-refractivity contribution in [1.29, 1.82) is 0 Å². The molecule has 0 aliphatic carbocycles. The van der Waals surface area contributed by atoms with Crippen molar-refractivity contribution in [2.75, 3.05) is 65.3 Å². The average Bonchev–Trinajstić information content (AvgIpc) is 2.73. The molecular formula is C23H53N3O3Si. The number of nitrogens with zero attached hydrogens (tertiary/aromatic N) is 2. The Morgan fingerprint density at radius 3 is 1.70 bits per heavy atom. The fourth-order valence-corrected chi connectivity index (χ4v) is 6.62. The minimum absolute atomic E-state index is 0.634. The third-order valence-corrected chi connectivity index (χ3v) is 8.54. The van der Waals surface area contributed by atoms with Gasteiger partial charge in [0.1, 0.15) is 0 Å². The molecule has 0 fully saturated rings.